The van der Waals surface area contributed by atoms with Gasteiger partial charge in [-0.1, -0.05) is 13.8 Å². The van der Waals surface area contributed by atoms with Crippen LogP contribution in [0.2, 0.25) is 0 Å². The van der Waals surface area contributed by atoms with Crippen LogP contribution < -0.4 is 5.32 Å². The van der Waals surface area contributed by atoms with Crippen molar-refractivity contribution in [3.8, 4) is 0 Å². The third-order valence-corrected chi connectivity index (χ3v) is 8.79. The molecule has 0 amide bonds. The Morgan fingerprint density at radius 2 is 1.93 bits per heavy atom. The van der Waals surface area contributed by atoms with Gasteiger partial charge in [-0.25, -0.2) is 8.42 Å². The minimum Gasteiger partial charge on any atom is -0.469 e. The van der Waals surface area contributed by atoms with E-state index < -0.39 is 10.0 Å². The van der Waals surface area contributed by atoms with Gasteiger partial charge in [0.2, 0.25) is 0 Å². The van der Waals surface area contributed by atoms with Gasteiger partial charge in [0.1, 0.15) is 4.21 Å². The normalized spacial score (nSPS) is 15.8. The van der Waals surface area contributed by atoms with Crippen molar-refractivity contribution in [1.82, 2.24) is 14.5 Å². The molecule has 2 rings (SSSR count). The lowest BCUT2D eigenvalue weighted by atomic mass is 9.97. The van der Waals surface area contributed by atoms with Gasteiger partial charge >= 0.3 is 5.97 Å². The van der Waals surface area contributed by atoms with Crippen LogP contribution in [0.5, 0.6) is 0 Å². The van der Waals surface area contributed by atoms with Gasteiger partial charge in [-0.05, 0) is 31.4 Å². The monoisotopic (exact) mass is 572 g/mol. The second-order valence-electron chi connectivity index (χ2n) is 6.82. The van der Waals surface area contributed by atoms with Gasteiger partial charge in [-0.15, -0.1) is 35.3 Å². The van der Waals surface area contributed by atoms with Gasteiger partial charge in [0.25, 0.3) is 10.0 Å². The van der Waals surface area contributed by atoms with E-state index in [2.05, 4.69) is 15.2 Å². The average Bonchev–Trinajstić information content (AvgIpc) is 3.21. The zero-order valence-corrected chi connectivity index (χ0v) is 22.1. The van der Waals surface area contributed by atoms with Crippen LogP contribution in [0.1, 0.15) is 31.6 Å². The van der Waals surface area contributed by atoms with Gasteiger partial charge in [0.15, 0.2) is 5.96 Å². The molecule has 0 atom stereocenters. The molecule has 0 spiro atoms. The first-order valence-electron chi connectivity index (χ1n) is 9.99. The van der Waals surface area contributed by atoms with Gasteiger partial charge in [0.05, 0.1) is 13.0 Å². The summed E-state index contributed by atoms with van der Waals surface area (Å²) in [6.45, 7) is 6.80. The number of carbonyl (C=O) groups is 1. The fraction of sp³-hybridized carbons (Fsp3) is 0.684. The summed E-state index contributed by atoms with van der Waals surface area (Å²) in [6, 6.07) is 3.58. The summed E-state index contributed by atoms with van der Waals surface area (Å²) in [5.74, 6) is 0.633. The standard InChI is InChI=1S/C19H32N4O4S2.HI/c1-5-23(6-2)29(25,26)17-8-7-16(28-17)9-12-21-19(20-3)22-13-10-15(11-14-22)18(24)27-4;/h7-8,15H,5-6,9-14H2,1-4H3,(H,20,21);1H. The average molecular weight is 573 g/mol. The summed E-state index contributed by atoms with van der Waals surface area (Å²) in [4.78, 5) is 19.2. The summed E-state index contributed by atoms with van der Waals surface area (Å²) in [6.07, 6.45) is 2.23. The number of nitrogens with zero attached hydrogens (tertiary/aromatic N) is 3. The largest absolute Gasteiger partial charge is 0.469 e. The molecule has 0 aliphatic carbocycles. The van der Waals surface area contributed by atoms with E-state index in [1.54, 1.807) is 13.1 Å². The number of esters is 1. The number of nitrogens with one attached hydrogen (secondary N) is 1. The van der Waals surface area contributed by atoms with E-state index in [-0.39, 0.29) is 35.9 Å². The molecule has 0 bridgehead atoms. The van der Waals surface area contributed by atoms with Gasteiger partial charge in [-0.3, -0.25) is 9.79 Å². The van der Waals surface area contributed by atoms with Crippen molar-refractivity contribution in [2.75, 3.05) is 46.9 Å². The molecule has 1 aliphatic heterocycles. The van der Waals surface area contributed by atoms with Crippen molar-refractivity contribution in [2.45, 2.75) is 37.3 Å². The summed E-state index contributed by atoms with van der Waals surface area (Å²) in [5, 5.41) is 3.35. The molecule has 1 saturated heterocycles. The summed E-state index contributed by atoms with van der Waals surface area (Å²) < 4.78 is 31.9. The number of methoxy groups -OCH3 is 1. The number of rotatable bonds is 8. The lowest BCUT2D eigenvalue weighted by molar-refractivity contribution is -0.146. The molecule has 0 unspecified atom stereocenters. The SMILES string of the molecule is CCN(CC)S(=O)(=O)c1ccc(CCNC(=NC)N2CCC(C(=O)OC)CC2)s1.I. The van der Waals surface area contributed by atoms with Crippen LogP contribution in [-0.2, 0) is 26.0 Å². The summed E-state index contributed by atoms with van der Waals surface area (Å²) in [7, 11) is -0.223. The highest BCUT2D eigenvalue weighted by Gasteiger charge is 2.27. The number of sulfonamides is 1. The first kappa shape index (κ1) is 27.1. The van der Waals surface area contributed by atoms with Crippen molar-refractivity contribution in [1.29, 1.82) is 0 Å². The Bertz CT molecular complexity index is 801. The van der Waals surface area contributed by atoms with Crippen molar-refractivity contribution < 1.29 is 17.9 Å². The molecule has 1 N–H and O–H groups in total. The number of thiophene rings is 1. The van der Waals surface area contributed by atoms with Crippen LogP contribution in [0.15, 0.2) is 21.3 Å². The minimum absolute atomic E-state index is 0. The summed E-state index contributed by atoms with van der Waals surface area (Å²) >= 11 is 1.33. The van der Waals surface area contributed by atoms with Crippen molar-refractivity contribution in [3.63, 3.8) is 0 Å². The van der Waals surface area contributed by atoms with E-state index in [0.29, 0.717) is 23.8 Å². The van der Waals surface area contributed by atoms with E-state index >= 15 is 0 Å². The maximum Gasteiger partial charge on any atom is 0.308 e. The zero-order chi connectivity index (χ0) is 21.4. The topological polar surface area (TPSA) is 91.3 Å². The fourth-order valence-electron chi connectivity index (χ4n) is 3.45. The molecule has 0 saturated carbocycles. The van der Waals surface area contributed by atoms with Gasteiger partial charge < -0.3 is 15.0 Å². The number of ether oxygens (including phenoxy) is 1. The highest BCUT2D eigenvalue weighted by molar-refractivity contribution is 14.0. The lowest BCUT2D eigenvalue weighted by Crippen LogP contribution is -2.47. The number of aliphatic imine (C=N–C) groups is 1. The van der Waals surface area contributed by atoms with Crippen LogP contribution in [0.25, 0.3) is 0 Å². The van der Waals surface area contributed by atoms with Gasteiger partial charge in [0, 0.05) is 44.6 Å². The van der Waals surface area contributed by atoms with Crippen molar-refractivity contribution >= 4 is 57.3 Å². The molecule has 1 aromatic rings. The smallest absolute Gasteiger partial charge is 0.308 e. The minimum atomic E-state index is -3.40. The van der Waals surface area contributed by atoms with E-state index in [0.717, 1.165) is 43.2 Å². The molecule has 172 valence electrons. The number of likely N-dealkylation sites (tertiary alicyclic amines) is 1. The van der Waals surface area contributed by atoms with E-state index in [1.807, 2.05) is 19.9 Å². The van der Waals surface area contributed by atoms with Crippen LogP contribution in [-0.4, -0.2) is 76.4 Å². The predicted octanol–water partition coefficient (Wildman–Crippen LogP) is 2.40. The molecule has 11 heteroatoms. The number of carbonyl (C=O) groups excluding carboxylic acids is 1. The van der Waals surface area contributed by atoms with Crippen molar-refractivity contribution in [2.24, 2.45) is 10.9 Å². The summed E-state index contributed by atoms with van der Waals surface area (Å²) in [5.41, 5.74) is 0. The van der Waals surface area contributed by atoms with E-state index in [1.165, 1.54) is 22.8 Å². The van der Waals surface area contributed by atoms with E-state index in [9.17, 15) is 13.2 Å². The van der Waals surface area contributed by atoms with Crippen molar-refractivity contribution in [3.05, 3.63) is 17.0 Å². The number of halogens is 1. The van der Waals surface area contributed by atoms with Crippen LogP contribution in [0.3, 0.4) is 0 Å². The molecule has 1 fully saturated rings. The Labute approximate surface area is 201 Å². The second kappa shape index (κ2) is 12.8. The molecule has 0 radical (unpaired) electrons. The Balaban J connectivity index is 0.00000450. The van der Waals surface area contributed by atoms with E-state index in [4.69, 9.17) is 4.74 Å². The number of guanidine groups is 1. The molecular weight excluding hydrogens is 539 g/mol. The lowest BCUT2D eigenvalue weighted by Gasteiger charge is -2.33. The number of hydrogen-bond donors (Lipinski definition) is 1. The Morgan fingerprint density at radius 3 is 2.47 bits per heavy atom. The Morgan fingerprint density at radius 1 is 1.30 bits per heavy atom. The first-order chi connectivity index (χ1) is 13.9. The molecule has 8 nitrogen and oxygen atoms in total. The molecule has 2 heterocycles. The van der Waals surface area contributed by atoms with Crippen LogP contribution in [0, 0.1) is 5.92 Å². The number of hydrogen-bond acceptors (Lipinski definition) is 6. The first-order valence-corrected chi connectivity index (χ1v) is 12.2. The fourth-order valence-corrected chi connectivity index (χ4v) is 6.41. The Kier molecular flexibility index (Phi) is 11.6. The van der Waals surface area contributed by atoms with Crippen LogP contribution in [0.4, 0.5) is 0 Å². The maximum absolute atomic E-state index is 12.6. The predicted molar refractivity (Wildman–Crippen MR) is 131 cm³/mol. The maximum atomic E-state index is 12.6. The third-order valence-electron chi connectivity index (χ3n) is 5.13. The molecule has 1 aliphatic rings. The van der Waals surface area contributed by atoms with Crippen LogP contribution >= 0.6 is 35.3 Å². The molecular formula is C19H33IN4O4S2. The highest BCUT2D eigenvalue weighted by Crippen LogP contribution is 2.25. The quantitative estimate of drug-likeness (QED) is 0.223. The zero-order valence-electron chi connectivity index (χ0n) is 18.1. The Hall–Kier alpha value is -0.920. The third kappa shape index (κ3) is 6.79. The molecule has 1 aromatic heterocycles. The number of piperidine rings is 1. The highest BCUT2D eigenvalue weighted by atomic mass is 127. The molecule has 0 aromatic carbocycles. The molecule has 30 heavy (non-hydrogen) atoms. The second-order valence-corrected chi connectivity index (χ2v) is 10.2. The van der Waals surface area contributed by atoms with Gasteiger partial charge in [-0.2, -0.15) is 4.31 Å².